The fourth-order valence-corrected chi connectivity index (χ4v) is 5.41. The zero-order chi connectivity index (χ0) is 21.5. The zero-order valence-electron chi connectivity index (χ0n) is 14.6. The minimum Gasteiger partial charge on any atom is -0.390 e. The highest BCUT2D eigenvalue weighted by Crippen LogP contribution is 2.34. The van der Waals surface area contributed by atoms with Crippen LogP contribution in [0.15, 0.2) is 35.2 Å². The van der Waals surface area contributed by atoms with Gasteiger partial charge in [-0.3, -0.25) is 4.79 Å². The van der Waals surface area contributed by atoms with Crippen molar-refractivity contribution in [2.45, 2.75) is 35.2 Å². The molecule has 1 aliphatic rings. The molecule has 0 bridgehead atoms. The lowest BCUT2D eigenvalue weighted by Crippen LogP contribution is -2.21. The van der Waals surface area contributed by atoms with Gasteiger partial charge in [-0.1, -0.05) is 11.6 Å². The Morgan fingerprint density at radius 2 is 1.59 bits per heavy atom. The van der Waals surface area contributed by atoms with Gasteiger partial charge in [0.05, 0.1) is 27.4 Å². The number of aliphatic hydroxyl groups is 2. The van der Waals surface area contributed by atoms with E-state index < -0.39 is 50.7 Å². The van der Waals surface area contributed by atoms with Crippen LogP contribution in [0, 0.1) is 17.5 Å². The first-order valence-corrected chi connectivity index (χ1v) is 10.3. The number of aliphatic hydroxyl groups excluding tert-OH is 2. The molecule has 0 spiro atoms. The normalized spacial score (nSPS) is 21.9. The fraction of sp³-hybridized carbons (Fsp3) is 0.278. The van der Waals surface area contributed by atoms with Gasteiger partial charge >= 0.3 is 0 Å². The van der Waals surface area contributed by atoms with E-state index in [1.165, 1.54) is 6.07 Å². The third-order valence-corrected chi connectivity index (χ3v) is 7.29. The van der Waals surface area contributed by atoms with Gasteiger partial charge in [0.25, 0.3) is 5.91 Å². The van der Waals surface area contributed by atoms with Crippen molar-refractivity contribution in [2.75, 3.05) is 5.32 Å². The van der Waals surface area contributed by atoms with Crippen molar-refractivity contribution >= 4 is 33.0 Å². The van der Waals surface area contributed by atoms with Crippen molar-refractivity contribution in [1.82, 2.24) is 0 Å². The van der Waals surface area contributed by atoms with Gasteiger partial charge in [-0.2, -0.15) is 0 Å². The van der Waals surface area contributed by atoms with E-state index in [0.717, 1.165) is 12.1 Å². The Balaban J connectivity index is 1.90. The van der Waals surface area contributed by atoms with Crippen LogP contribution in [0.2, 0.25) is 5.02 Å². The topological polar surface area (TPSA) is 104 Å². The Morgan fingerprint density at radius 1 is 1.03 bits per heavy atom. The van der Waals surface area contributed by atoms with Crippen LogP contribution in [0.5, 0.6) is 0 Å². The number of nitrogens with one attached hydrogen (secondary N) is 1. The van der Waals surface area contributed by atoms with Crippen molar-refractivity contribution in [3.63, 3.8) is 0 Å². The molecule has 0 aliphatic heterocycles. The molecule has 0 heterocycles. The van der Waals surface area contributed by atoms with Crippen molar-refractivity contribution < 1.29 is 36.6 Å². The highest BCUT2D eigenvalue weighted by molar-refractivity contribution is 7.92. The van der Waals surface area contributed by atoms with Gasteiger partial charge in [-0.15, -0.1) is 0 Å². The second-order valence-corrected chi connectivity index (χ2v) is 9.23. The minimum absolute atomic E-state index is 0.170. The Hall–Kier alpha value is -2.14. The van der Waals surface area contributed by atoms with Crippen molar-refractivity contribution in [2.24, 2.45) is 0 Å². The van der Waals surface area contributed by atoms with Gasteiger partial charge in [0.2, 0.25) is 0 Å². The summed E-state index contributed by atoms with van der Waals surface area (Å²) in [5.41, 5.74) is -0.551. The molecule has 11 heteroatoms. The average Bonchev–Trinajstić information content (AvgIpc) is 2.99. The molecule has 6 nitrogen and oxygen atoms in total. The quantitative estimate of drug-likeness (QED) is 0.623. The van der Waals surface area contributed by atoms with Gasteiger partial charge < -0.3 is 15.5 Å². The molecule has 29 heavy (non-hydrogen) atoms. The Kier molecular flexibility index (Phi) is 5.91. The Bertz CT molecular complexity index is 1050. The van der Waals surface area contributed by atoms with Crippen LogP contribution >= 0.6 is 11.6 Å². The van der Waals surface area contributed by atoms with E-state index in [2.05, 4.69) is 5.32 Å². The molecule has 1 saturated carbocycles. The summed E-state index contributed by atoms with van der Waals surface area (Å²) in [6.07, 6.45) is -2.76. The largest absolute Gasteiger partial charge is 0.390 e. The van der Waals surface area contributed by atoms with Crippen molar-refractivity contribution in [3.05, 3.63) is 58.4 Å². The molecule has 3 atom stereocenters. The van der Waals surface area contributed by atoms with Crippen molar-refractivity contribution in [3.8, 4) is 0 Å². The molecule has 1 unspecified atom stereocenters. The molecule has 1 fully saturated rings. The lowest BCUT2D eigenvalue weighted by atomic mass is 10.2. The summed E-state index contributed by atoms with van der Waals surface area (Å²) >= 11 is 5.98. The van der Waals surface area contributed by atoms with Gasteiger partial charge in [-0.05, 0) is 31.0 Å². The Labute approximate surface area is 168 Å². The van der Waals surface area contributed by atoms with E-state index in [0.29, 0.717) is 12.1 Å². The minimum atomic E-state index is -4.08. The molecular formula is C18H15ClF3NO5S. The van der Waals surface area contributed by atoms with Crippen LogP contribution in [0.1, 0.15) is 23.2 Å². The number of rotatable bonds is 4. The number of benzene rings is 2. The molecule has 2 aromatic carbocycles. The molecular weight excluding hydrogens is 435 g/mol. The van der Waals surface area contributed by atoms with E-state index in [1.54, 1.807) is 0 Å². The number of anilines is 1. The number of hydrogen-bond acceptors (Lipinski definition) is 5. The maximum Gasteiger partial charge on any atom is 0.255 e. The predicted molar refractivity (Wildman–Crippen MR) is 97.9 cm³/mol. The first kappa shape index (κ1) is 21.6. The molecule has 156 valence electrons. The smallest absolute Gasteiger partial charge is 0.255 e. The van der Waals surface area contributed by atoms with E-state index >= 15 is 0 Å². The maximum atomic E-state index is 13.3. The van der Waals surface area contributed by atoms with E-state index in [-0.39, 0.29) is 34.0 Å². The summed E-state index contributed by atoms with van der Waals surface area (Å²) in [7, 11) is -4.08. The van der Waals surface area contributed by atoms with E-state index in [1.807, 2.05) is 0 Å². The summed E-state index contributed by atoms with van der Waals surface area (Å²) in [6.45, 7) is 0. The molecule has 0 aromatic heterocycles. The molecule has 1 amide bonds. The summed E-state index contributed by atoms with van der Waals surface area (Å²) in [5.74, 6) is -5.60. The Morgan fingerprint density at radius 3 is 2.14 bits per heavy atom. The number of carbonyl (C=O) groups excluding carboxylic acids is 1. The van der Waals surface area contributed by atoms with Crippen LogP contribution in [-0.4, -0.2) is 42.0 Å². The zero-order valence-corrected chi connectivity index (χ0v) is 16.1. The van der Waals surface area contributed by atoms with Gasteiger partial charge in [0.15, 0.2) is 27.3 Å². The number of amides is 1. The first-order valence-electron chi connectivity index (χ1n) is 8.36. The number of sulfone groups is 1. The van der Waals surface area contributed by atoms with Gasteiger partial charge in [-0.25, -0.2) is 21.6 Å². The van der Waals surface area contributed by atoms with Crippen LogP contribution in [0.3, 0.4) is 0 Å². The highest BCUT2D eigenvalue weighted by Gasteiger charge is 2.41. The summed E-state index contributed by atoms with van der Waals surface area (Å²) in [5, 5.41) is 20.1. The number of halogens is 4. The molecule has 3 rings (SSSR count). The summed E-state index contributed by atoms with van der Waals surface area (Å²) in [4.78, 5) is 12.0. The van der Waals surface area contributed by atoms with E-state index in [9.17, 15) is 36.6 Å². The third kappa shape index (κ3) is 4.25. The highest BCUT2D eigenvalue weighted by atomic mass is 35.5. The van der Waals surface area contributed by atoms with Crippen LogP contribution < -0.4 is 5.32 Å². The second-order valence-electron chi connectivity index (χ2n) is 6.63. The average molecular weight is 450 g/mol. The molecule has 0 saturated heterocycles. The molecule has 0 radical (unpaired) electrons. The second kappa shape index (κ2) is 7.94. The fourth-order valence-electron chi connectivity index (χ4n) is 3.08. The standard InChI is InChI=1S/C18H15ClF3NO5S/c19-11-2-1-8(18(26)23-9-4-12(20)17(22)13(21)5-9)3-16(11)29(27,28)10-6-14(24)15(25)7-10/h1-5,10,14-15,24-25H,6-7H2,(H,23,26)/t10?,14-,15+. The van der Waals surface area contributed by atoms with Crippen molar-refractivity contribution in [1.29, 1.82) is 0 Å². The van der Waals surface area contributed by atoms with Gasteiger partial charge in [0, 0.05) is 23.4 Å². The number of carbonyl (C=O) groups is 1. The first-order chi connectivity index (χ1) is 13.5. The van der Waals surface area contributed by atoms with Crippen LogP contribution in [0.25, 0.3) is 0 Å². The van der Waals surface area contributed by atoms with Crippen LogP contribution in [0.4, 0.5) is 18.9 Å². The molecule has 2 aromatic rings. The molecule has 3 N–H and O–H groups in total. The predicted octanol–water partition coefficient (Wildman–Crippen LogP) is 2.67. The number of hydrogen-bond donors (Lipinski definition) is 3. The SMILES string of the molecule is O=C(Nc1cc(F)c(F)c(F)c1)c1ccc(Cl)c(S(=O)(=O)C2C[C@@H](O)[C@@H](O)C2)c1. The maximum absolute atomic E-state index is 13.3. The van der Waals surface area contributed by atoms with Crippen LogP contribution in [-0.2, 0) is 9.84 Å². The van der Waals surface area contributed by atoms with Gasteiger partial charge in [0.1, 0.15) is 0 Å². The monoisotopic (exact) mass is 449 g/mol. The summed E-state index contributed by atoms with van der Waals surface area (Å²) in [6, 6.07) is 4.50. The lowest BCUT2D eigenvalue weighted by Gasteiger charge is -2.14. The molecule has 1 aliphatic carbocycles. The summed E-state index contributed by atoms with van der Waals surface area (Å²) < 4.78 is 65.3. The lowest BCUT2D eigenvalue weighted by molar-refractivity contribution is 0.0438. The third-order valence-electron chi connectivity index (χ3n) is 4.63. The van der Waals surface area contributed by atoms with E-state index in [4.69, 9.17) is 11.6 Å².